The highest BCUT2D eigenvalue weighted by molar-refractivity contribution is 5.74. The van der Waals surface area contributed by atoms with E-state index in [2.05, 4.69) is 137 Å². The number of benzene rings is 5. The van der Waals surface area contributed by atoms with Crippen LogP contribution in [0.1, 0.15) is 0 Å². The lowest BCUT2D eigenvalue weighted by Gasteiger charge is -2.10. The molecule has 0 saturated carbocycles. The van der Waals surface area contributed by atoms with Crippen LogP contribution in [0.5, 0.6) is 0 Å². The third-order valence-corrected chi connectivity index (χ3v) is 8.35. The van der Waals surface area contributed by atoms with Crippen LogP contribution in [0.3, 0.4) is 0 Å². The number of nitrogens with zero attached hydrogens (tertiary/aromatic N) is 5. The fourth-order valence-corrected chi connectivity index (χ4v) is 5.72. The van der Waals surface area contributed by atoms with E-state index in [1.165, 1.54) is 11.1 Å². The minimum atomic E-state index is 0.618. The highest BCUT2D eigenvalue weighted by Gasteiger charge is 2.13. The first-order valence-electron chi connectivity index (χ1n) is 15.8. The van der Waals surface area contributed by atoms with E-state index in [4.69, 9.17) is 15.0 Å². The minimum Gasteiger partial charge on any atom is -0.265 e. The van der Waals surface area contributed by atoms with Crippen LogP contribution in [-0.4, -0.2) is 24.9 Å². The van der Waals surface area contributed by atoms with E-state index in [1.807, 2.05) is 36.5 Å². The van der Waals surface area contributed by atoms with Crippen molar-refractivity contribution in [2.75, 3.05) is 0 Å². The third kappa shape index (κ3) is 6.13. The van der Waals surface area contributed by atoms with E-state index in [1.54, 1.807) is 12.4 Å². The third-order valence-electron chi connectivity index (χ3n) is 8.35. The average Bonchev–Trinajstić information content (AvgIpc) is 3.19. The monoisotopic (exact) mass is 615 g/mol. The smallest absolute Gasteiger partial charge is 0.164 e. The summed E-state index contributed by atoms with van der Waals surface area (Å²) in [6, 6.07) is 53.9. The van der Waals surface area contributed by atoms with Gasteiger partial charge in [-0.1, -0.05) is 140 Å². The Morgan fingerprint density at radius 2 is 0.625 bits per heavy atom. The zero-order valence-corrected chi connectivity index (χ0v) is 26.0. The Balaban J connectivity index is 1.14. The van der Waals surface area contributed by atoms with Crippen molar-refractivity contribution >= 4 is 0 Å². The van der Waals surface area contributed by atoms with Crippen LogP contribution in [0.25, 0.3) is 78.8 Å². The summed E-state index contributed by atoms with van der Waals surface area (Å²) in [5.74, 6) is 1.87. The molecular formula is C43H29N5. The van der Waals surface area contributed by atoms with Gasteiger partial charge in [0.1, 0.15) is 0 Å². The van der Waals surface area contributed by atoms with Crippen LogP contribution in [-0.2, 0) is 0 Å². The van der Waals surface area contributed by atoms with Crippen molar-refractivity contribution in [1.29, 1.82) is 0 Å². The maximum Gasteiger partial charge on any atom is 0.164 e. The molecule has 0 spiro atoms. The van der Waals surface area contributed by atoms with Gasteiger partial charge in [-0.25, -0.2) is 15.0 Å². The molecule has 0 radical (unpaired) electrons. The molecule has 0 fully saturated rings. The minimum absolute atomic E-state index is 0.618. The summed E-state index contributed by atoms with van der Waals surface area (Å²) in [5, 5.41) is 0. The predicted octanol–water partition coefficient (Wildman–Crippen LogP) is 10.3. The fourth-order valence-electron chi connectivity index (χ4n) is 5.72. The Morgan fingerprint density at radius 3 is 1.02 bits per heavy atom. The second-order valence-electron chi connectivity index (χ2n) is 11.4. The van der Waals surface area contributed by atoms with Gasteiger partial charge in [-0.2, -0.15) is 0 Å². The summed E-state index contributed by atoms with van der Waals surface area (Å²) in [5.41, 5.74) is 11.4. The topological polar surface area (TPSA) is 64.5 Å². The molecule has 48 heavy (non-hydrogen) atoms. The van der Waals surface area contributed by atoms with Crippen LogP contribution >= 0.6 is 0 Å². The van der Waals surface area contributed by atoms with Gasteiger partial charge in [0, 0.05) is 46.4 Å². The maximum absolute atomic E-state index is 4.97. The molecule has 8 rings (SSSR count). The zero-order valence-electron chi connectivity index (χ0n) is 26.0. The van der Waals surface area contributed by atoms with Gasteiger partial charge in [0.15, 0.2) is 17.5 Å². The fraction of sp³-hybridized carbons (Fsp3) is 0. The van der Waals surface area contributed by atoms with Crippen molar-refractivity contribution in [1.82, 2.24) is 24.9 Å². The van der Waals surface area contributed by atoms with Gasteiger partial charge in [-0.15, -0.1) is 0 Å². The average molecular weight is 616 g/mol. The molecule has 0 aliphatic heterocycles. The normalized spacial score (nSPS) is 10.9. The molecular weight excluding hydrogens is 587 g/mol. The van der Waals surface area contributed by atoms with Gasteiger partial charge >= 0.3 is 0 Å². The Labute approximate surface area is 279 Å². The van der Waals surface area contributed by atoms with E-state index in [-0.39, 0.29) is 0 Å². The molecule has 0 atom stereocenters. The van der Waals surface area contributed by atoms with Crippen molar-refractivity contribution < 1.29 is 0 Å². The molecule has 0 N–H and O–H groups in total. The van der Waals surface area contributed by atoms with Crippen molar-refractivity contribution in [2.45, 2.75) is 0 Å². The predicted molar refractivity (Wildman–Crippen MR) is 193 cm³/mol. The van der Waals surface area contributed by atoms with Crippen molar-refractivity contribution in [3.8, 4) is 78.8 Å². The van der Waals surface area contributed by atoms with Gasteiger partial charge in [0.05, 0.1) is 5.69 Å². The van der Waals surface area contributed by atoms with Crippen molar-refractivity contribution in [3.05, 3.63) is 176 Å². The molecule has 8 aromatic rings. The molecule has 3 heterocycles. The maximum atomic E-state index is 4.97. The van der Waals surface area contributed by atoms with Crippen LogP contribution in [0.15, 0.2) is 176 Å². The quantitative estimate of drug-likeness (QED) is 0.178. The van der Waals surface area contributed by atoms with E-state index in [9.17, 15) is 0 Å². The Kier molecular flexibility index (Phi) is 7.83. The molecule has 0 aliphatic carbocycles. The number of aromatic nitrogens is 5. The molecule has 0 unspecified atom stereocenters. The summed E-state index contributed by atoms with van der Waals surface area (Å²) in [4.78, 5) is 23.7. The highest BCUT2D eigenvalue weighted by atomic mass is 15.0. The molecule has 226 valence electrons. The first-order valence-corrected chi connectivity index (χ1v) is 15.8. The van der Waals surface area contributed by atoms with Crippen LogP contribution < -0.4 is 0 Å². The Morgan fingerprint density at radius 1 is 0.271 bits per heavy atom. The number of hydrogen-bond donors (Lipinski definition) is 0. The van der Waals surface area contributed by atoms with Gasteiger partial charge in [-0.05, 0) is 46.0 Å². The molecule has 3 aromatic heterocycles. The lowest BCUT2D eigenvalue weighted by atomic mass is 10.0. The second-order valence-corrected chi connectivity index (χ2v) is 11.4. The van der Waals surface area contributed by atoms with Gasteiger partial charge in [0.2, 0.25) is 0 Å². The first kappa shape index (κ1) is 28.9. The standard InChI is InChI=1S/C43H29N5/c1-3-7-30(8-4-1)32-11-17-36(18-12-32)41-46-42(37-19-13-33(14-20-37)31-9-5-2-6-10-31)48-43(47-41)38-21-15-34(16-22-38)39-23-24-40(45-29-39)35-25-27-44-28-26-35/h1-29H. The summed E-state index contributed by atoms with van der Waals surface area (Å²) in [7, 11) is 0. The van der Waals surface area contributed by atoms with E-state index in [0.29, 0.717) is 17.5 Å². The number of hydrogen-bond acceptors (Lipinski definition) is 5. The molecule has 5 nitrogen and oxygen atoms in total. The molecule has 5 aromatic carbocycles. The van der Waals surface area contributed by atoms with Crippen LogP contribution in [0.4, 0.5) is 0 Å². The second kappa shape index (κ2) is 13.0. The molecule has 0 saturated heterocycles. The van der Waals surface area contributed by atoms with Gasteiger partial charge in [0.25, 0.3) is 0 Å². The molecule has 0 aliphatic rings. The highest BCUT2D eigenvalue weighted by Crippen LogP contribution is 2.30. The van der Waals surface area contributed by atoms with Crippen molar-refractivity contribution in [2.24, 2.45) is 0 Å². The SMILES string of the molecule is c1ccc(-c2ccc(-c3nc(-c4ccc(-c5ccccc5)cc4)nc(-c4ccc(-c5ccc(-c6ccncc6)nc5)cc4)n3)cc2)cc1. The zero-order chi connectivity index (χ0) is 32.1. The van der Waals surface area contributed by atoms with Crippen LogP contribution in [0.2, 0.25) is 0 Å². The molecule has 0 amide bonds. The van der Waals surface area contributed by atoms with Crippen LogP contribution in [0, 0.1) is 0 Å². The lowest BCUT2D eigenvalue weighted by Crippen LogP contribution is -2.00. The van der Waals surface area contributed by atoms with Gasteiger partial charge < -0.3 is 0 Å². The lowest BCUT2D eigenvalue weighted by molar-refractivity contribution is 1.07. The summed E-state index contributed by atoms with van der Waals surface area (Å²) in [6.45, 7) is 0. The Bertz CT molecular complexity index is 2170. The van der Waals surface area contributed by atoms with E-state index in [0.717, 1.165) is 50.2 Å². The Hall–Kier alpha value is -6.59. The molecule has 0 bridgehead atoms. The summed E-state index contributed by atoms with van der Waals surface area (Å²) in [6.07, 6.45) is 5.46. The number of rotatable bonds is 7. The molecule has 5 heteroatoms. The van der Waals surface area contributed by atoms with E-state index < -0.39 is 0 Å². The van der Waals surface area contributed by atoms with E-state index >= 15 is 0 Å². The van der Waals surface area contributed by atoms with Gasteiger partial charge in [-0.3, -0.25) is 9.97 Å². The van der Waals surface area contributed by atoms with Crippen molar-refractivity contribution in [3.63, 3.8) is 0 Å². The largest absolute Gasteiger partial charge is 0.265 e. The summed E-state index contributed by atoms with van der Waals surface area (Å²) < 4.78 is 0. The summed E-state index contributed by atoms with van der Waals surface area (Å²) >= 11 is 0. The first-order chi connectivity index (χ1) is 23.8. The number of pyridine rings is 2.